The van der Waals surface area contributed by atoms with Gasteiger partial charge in [-0.05, 0) is 20.0 Å². The van der Waals surface area contributed by atoms with Crippen LogP contribution >= 0.6 is 24.0 Å². The molecule has 1 N–H and O–H groups in total. The molecule has 0 amide bonds. The number of nitrogens with zero attached hydrogens (tertiary/aromatic N) is 6. The van der Waals surface area contributed by atoms with Crippen LogP contribution in [0.2, 0.25) is 0 Å². The smallest absolute Gasteiger partial charge is 0.225 e. The third kappa shape index (κ3) is 7.58. The number of hydrogen-bond donors (Lipinski definition) is 1. The third-order valence-corrected chi connectivity index (χ3v) is 4.17. The molecule has 1 aromatic rings. The van der Waals surface area contributed by atoms with Gasteiger partial charge in [-0.15, -0.1) is 24.0 Å². The van der Waals surface area contributed by atoms with Crippen molar-refractivity contribution < 1.29 is 4.74 Å². The summed E-state index contributed by atoms with van der Waals surface area (Å²) in [5.41, 5.74) is 0. The maximum atomic E-state index is 5.11. The number of guanidine groups is 1. The molecule has 0 radical (unpaired) electrons. The van der Waals surface area contributed by atoms with Gasteiger partial charge in [0.1, 0.15) is 0 Å². The van der Waals surface area contributed by atoms with E-state index in [4.69, 9.17) is 9.73 Å². The molecular formula is C17H32IN7O. The Labute approximate surface area is 174 Å². The van der Waals surface area contributed by atoms with E-state index < -0.39 is 0 Å². The standard InChI is InChI=1S/C17H31N7O.HI/c1-4-18-16(21-8-9-22(2)14-15-25-3)23-10-12-24(13-11-23)17-19-6-5-7-20-17;/h5-7H,4,8-15H2,1-3H3,(H,18,21);1H. The van der Waals surface area contributed by atoms with Crippen LogP contribution in [0.1, 0.15) is 6.92 Å². The van der Waals surface area contributed by atoms with Crippen LogP contribution in [-0.2, 0) is 4.74 Å². The Hall–Kier alpha value is -1.20. The quantitative estimate of drug-likeness (QED) is 0.337. The molecule has 1 aromatic heterocycles. The monoisotopic (exact) mass is 477 g/mol. The Kier molecular flexibility index (Phi) is 11.5. The van der Waals surface area contributed by atoms with Gasteiger partial charge in [-0.1, -0.05) is 0 Å². The average molecular weight is 477 g/mol. The highest BCUT2D eigenvalue weighted by molar-refractivity contribution is 14.0. The van der Waals surface area contributed by atoms with Crippen LogP contribution in [0.4, 0.5) is 5.95 Å². The van der Waals surface area contributed by atoms with E-state index >= 15 is 0 Å². The average Bonchev–Trinajstić information content (AvgIpc) is 2.66. The minimum Gasteiger partial charge on any atom is -0.383 e. The molecule has 0 unspecified atom stereocenters. The van der Waals surface area contributed by atoms with Crippen LogP contribution in [0.15, 0.2) is 23.5 Å². The van der Waals surface area contributed by atoms with E-state index in [1.54, 1.807) is 19.5 Å². The number of aromatic nitrogens is 2. The van der Waals surface area contributed by atoms with Gasteiger partial charge in [0.25, 0.3) is 0 Å². The van der Waals surface area contributed by atoms with Crippen molar-refractivity contribution in [1.82, 2.24) is 25.1 Å². The lowest BCUT2D eigenvalue weighted by Gasteiger charge is -2.36. The van der Waals surface area contributed by atoms with E-state index in [0.717, 1.165) is 70.9 Å². The number of rotatable bonds is 8. The molecule has 0 spiro atoms. The number of likely N-dealkylation sites (N-methyl/N-ethyl adjacent to an activating group) is 1. The number of halogens is 1. The molecule has 0 aromatic carbocycles. The summed E-state index contributed by atoms with van der Waals surface area (Å²) >= 11 is 0. The minimum atomic E-state index is 0. The largest absolute Gasteiger partial charge is 0.383 e. The van der Waals surface area contributed by atoms with E-state index in [-0.39, 0.29) is 24.0 Å². The number of ether oxygens (including phenoxy) is 1. The molecule has 9 heteroatoms. The fraction of sp³-hybridized carbons (Fsp3) is 0.706. The van der Waals surface area contributed by atoms with E-state index in [1.165, 1.54) is 0 Å². The highest BCUT2D eigenvalue weighted by atomic mass is 127. The number of piperazine rings is 1. The van der Waals surface area contributed by atoms with Gasteiger partial charge in [-0.2, -0.15) is 0 Å². The minimum absolute atomic E-state index is 0. The Balaban J connectivity index is 0.00000338. The lowest BCUT2D eigenvalue weighted by atomic mass is 10.3. The van der Waals surface area contributed by atoms with Gasteiger partial charge in [0, 0.05) is 65.3 Å². The number of nitrogens with one attached hydrogen (secondary N) is 1. The lowest BCUT2D eigenvalue weighted by Crippen LogP contribution is -2.53. The van der Waals surface area contributed by atoms with E-state index in [0.29, 0.717) is 0 Å². The molecule has 1 fully saturated rings. The Morgan fingerprint density at radius 3 is 2.54 bits per heavy atom. The molecule has 148 valence electrons. The molecule has 1 aliphatic rings. The normalized spacial score (nSPS) is 15.2. The first-order chi connectivity index (χ1) is 12.2. The van der Waals surface area contributed by atoms with E-state index in [1.807, 2.05) is 6.07 Å². The van der Waals surface area contributed by atoms with Gasteiger partial charge in [-0.3, -0.25) is 4.99 Å². The Morgan fingerprint density at radius 1 is 1.23 bits per heavy atom. The molecular weight excluding hydrogens is 445 g/mol. The third-order valence-electron chi connectivity index (χ3n) is 4.17. The molecule has 0 bridgehead atoms. The van der Waals surface area contributed by atoms with Crippen LogP contribution in [0.5, 0.6) is 0 Å². The first-order valence-electron chi connectivity index (χ1n) is 8.97. The van der Waals surface area contributed by atoms with Crippen molar-refractivity contribution in [3.63, 3.8) is 0 Å². The van der Waals surface area contributed by atoms with Gasteiger partial charge in [-0.25, -0.2) is 9.97 Å². The highest BCUT2D eigenvalue weighted by Gasteiger charge is 2.20. The van der Waals surface area contributed by atoms with Gasteiger partial charge in [0.15, 0.2) is 5.96 Å². The fourth-order valence-electron chi connectivity index (χ4n) is 2.68. The zero-order valence-electron chi connectivity index (χ0n) is 16.1. The first-order valence-corrected chi connectivity index (χ1v) is 8.97. The molecule has 0 aliphatic carbocycles. The van der Waals surface area contributed by atoms with E-state index in [2.05, 4.69) is 44.0 Å². The second-order valence-corrected chi connectivity index (χ2v) is 6.05. The summed E-state index contributed by atoms with van der Waals surface area (Å²) in [7, 11) is 3.83. The van der Waals surface area contributed by atoms with Gasteiger partial charge < -0.3 is 24.8 Å². The second-order valence-electron chi connectivity index (χ2n) is 6.05. The Bertz CT molecular complexity index is 509. The number of hydrogen-bond acceptors (Lipinski definition) is 6. The van der Waals surface area contributed by atoms with Gasteiger partial charge >= 0.3 is 0 Å². The highest BCUT2D eigenvalue weighted by Crippen LogP contribution is 2.09. The lowest BCUT2D eigenvalue weighted by molar-refractivity contribution is 0.163. The summed E-state index contributed by atoms with van der Waals surface area (Å²) in [6.45, 7) is 10.0. The summed E-state index contributed by atoms with van der Waals surface area (Å²) in [6, 6.07) is 1.85. The molecule has 8 nitrogen and oxygen atoms in total. The molecule has 2 heterocycles. The number of anilines is 1. The second kappa shape index (κ2) is 13.0. The molecule has 0 atom stereocenters. The topological polar surface area (TPSA) is 69.1 Å². The zero-order chi connectivity index (χ0) is 17.9. The van der Waals surface area contributed by atoms with Crippen molar-refractivity contribution in [2.24, 2.45) is 4.99 Å². The number of aliphatic imine (C=N–C) groups is 1. The maximum Gasteiger partial charge on any atom is 0.225 e. The summed E-state index contributed by atoms with van der Waals surface area (Å²) in [4.78, 5) is 20.2. The van der Waals surface area contributed by atoms with Crippen molar-refractivity contribution in [2.45, 2.75) is 6.92 Å². The van der Waals surface area contributed by atoms with Crippen LogP contribution in [-0.4, -0.2) is 98.8 Å². The van der Waals surface area contributed by atoms with Crippen LogP contribution in [0.25, 0.3) is 0 Å². The molecule has 1 aliphatic heterocycles. The van der Waals surface area contributed by atoms with Crippen molar-refractivity contribution in [1.29, 1.82) is 0 Å². The SMILES string of the molecule is CCNC(=NCCN(C)CCOC)N1CCN(c2ncccn2)CC1.I. The molecule has 0 saturated carbocycles. The van der Waals surface area contributed by atoms with Crippen molar-refractivity contribution in [3.05, 3.63) is 18.5 Å². The van der Waals surface area contributed by atoms with Crippen LogP contribution in [0.3, 0.4) is 0 Å². The van der Waals surface area contributed by atoms with E-state index in [9.17, 15) is 0 Å². The fourth-order valence-corrected chi connectivity index (χ4v) is 2.68. The summed E-state index contributed by atoms with van der Waals surface area (Å²) in [6.07, 6.45) is 3.58. The van der Waals surface area contributed by atoms with Crippen molar-refractivity contribution in [3.8, 4) is 0 Å². The predicted octanol–water partition coefficient (Wildman–Crippen LogP) is 0.760. The Morgan fingerprint density at radius 2 is 1.92 bits per heavy atom. The zero-order valence-corrected chi connectivity index (χ0v) is 18.4. The molecule has 26 heavy (non-hydrogen) atoms. The van der Waals surface area contributed by atoms with Crippen LogP contribution < -0.4 is 10.2 Å². The summed E-state index contributed by atoms with van der Waals surface area (Å²) in [5, 5.41) is 3.41. The van der Waals surface area contributed by atoms with Gasteiger partial charge in [0.05, 0.1) is 13.2 Å². The first kappa shape index (κ1) is 22.8. The van der Waals surface area contributed by atoms with Gasteiger partial charge in [0.2, 0.25) is 5.95 Å². The summed E-state index contributed by atoms with van der Waals surface area (Å²) < 4.78 is 5.11. The predicted molar refractivity (Wildman–Crippen MR) is 117 cm³/mol. The summed E-state index contributed by atoms with van der Waals surface area (Å²) in [5.74, 6) is 1.81. The van der Waals surface area contributed by atoms with Crippen LogP contribution in [0, 0.1) is 0 Å². The molecule has 2 rings (SSSR count). The van der Waals surface area contributed by atoms with Crippen molar-refractivity contribution >= 4 is 35.9 Å². The maximum absolute atomic E-state index is 5.11. The number of methoxy groups -OCH3 is 1. The molecule has 1 saturated heterocycles. The van der Waals surface area contributed by atoms with Crippen molar-refractivity contribution in [2.75, 3.05) is 78.0 Å².